The molecule has 1 aliphatic rings. The van der Waals surface area contributed by atoms with Crippen LogP contribution in [-0.2, 0) is 13.1 Å². The van der Waals surface area contributed by atoms with E-state index in [-0.39, 0.29) is 0 Å². The number of nitrogens with one attached hydrogen (secondary N) is 1. The average molecular weight is 302 g/mol. The second-order valence-corrected chi connectivity index (χ2v) is 6.77. The Hall–Kier alpha value is -1.37. The summed E-state index contributed by atoms with van der Waals surface area (Å²) in [6.45, 7) is 1.69. The van der Waals surface area contributed by atoms with Gasteiger partial charge in [0.25, 0.3) is 0 Å². The number of nitrogens with zero attached hydrogens (tertiary/aromatic N) is 3. The molecule has 0 spiro atoms. The summed E-state index contributed by atoms with van der Waals surface area (Å²) in [5, 5.41) is 4.79. The van der Waals surface area contributed by atoms with Crippen molar-refractivity contribution in [2.24, 2.45) is 0 Å². The SMILES string of the molecule is c1cc(CNCc2cnc(C3CC3)s2)c2nsnc2c1. The molecule has 4 rings (SSSR count). The van der Waals surface area contributed by atoms with Crippen molar-refractivity contribution in [3.63, 3.8) is 0 Å². The molecular weight excluding hydrogens is 288 g/mol. The van der Waals surface area contributed by atoms with Gasteiger partial charge in [-0.05, 0) is 24.5 Å². The van der Waals surface area contributed by atoms with Crippen molar-refractivity contribution in [2.75, 3.05) is 0 Å². The van der Waals surface area contributed by atoms with Crippen LogP contribution < -0.4 is 5.32 Å². The molecule has 0 aliphatic heterocycles. The Balaban J connectivity index is 1.41. The van der Waals surface area contributed by atoms with Crippen LogP contribution in [0.2, 0.25) is 0 Å². The van der Waals surface area contributed by atoms with E-state index in [1.807, 2.05) is 29.7 Å². The first-order chi connectivity index (χ1) is 9.90. The lowest BCUT2D eigenvalue weighted by molar-refractivity contribution is 0.702. The number of fused-ring (bicyclic) bond motifs is 1. The summed E-state index contributed by atoms with van der Waals surface area (Å²) in [4.78, 5) is 5.82. The van der Waals surface area contributed by atoms with Gasteiger partial charge in [-0.2, -0.15) is 8.75 Å². The lowest BCUT2D eigenvalue weighted by atomic mass is 10.2. The van der Waals surface area contributed by atoms with Crippen LogP contribution in [-0.4, -0.2) is 13.7 Å². The quantitative estimate of drug-likeness (QED) is 0.785. The van der Waals surface area contributed by atoms with Crippen LogP contribution in [0.25, 0.3) is 11.0 Å². The van der Waals surface area contributed by atoms with Crippen molar-refractivity contribution < 1.29 is 0 Å². The molecule has 20 heavy (non-hydrogen) atoms. The first kappa shape index (κ1) is 12.4. The smallest absolute Gasteiger partial charge is 0.109 e. The molecule has 1 fully saturated rings. The monoisotopic (exact) mass is 302 g/mol. The second kappa shape index (κ2) is 5.20. The first-order valence-corrected chi connectivity index (χ1v) is 8.30. The average Bonchev–Trinajstić information content (AvgIpc) is 3.01. The summed E-state index contributed by atoms with van der Waals surface area (Å²) in [7, 11) is 0. The number of aromatic nitrogens is 3. The molecule has 0 bridgehead atoms. The Morgan fingerprint density at radius 2 is 2.15 bits per heavy atom. The topological polar surface area (TPSA) is 50.7 Å². The van der Waals surface area contributed by atoms with Crippen LogP contribution >= 0.6 is 23.1 Å². The highest BCUT2D eigenvalue weighted by Crippen LogP contribution is 2.41. The van der Waals surface area contributed by atoms with E-state index in [4.69, 9.17) is 0 Å². The minimum Gasteiger partial charge on any atom is -0.308 e. The van der Waals surface area contributed by atoms with Crippen LogP contribution in [0.3, 0.4) is 0 Å². The summed E-state index contributed by atoms with van der Waals surface area (Å²) >= 11 is 3.12. The molecule has 1 aliphatic carbocycles. The molecule has 1 saturated carbocycles. The lowest BCUT2D eigenvalue weighted by Gasteiger charge is -2.03. The lowest BCUT2D eigenvalue weighted by Crippen LogP contribution is -2.12. The molecule has 1 N–H and O–H groups in total. The van der Waals surface area contributed by atoms with Crippen molar-refractivity contribution in [2.45, 2.75) is 31.8 Å². The molecule has 0 saturated heterocycles. The highest BCUT2D eigenvalue weighted by Gasteiger charge is 2.26. The molecule has 0 radical (unpaired) electrons. The van der Waals surface area contributed by atoms with E-state index in [1.165, 1.54) is 40.0 Å². The zero-order valence-corrected chi connectivity index (χ0v) is 12.5. The van der Waals surface area contributed by atoms with Crippen molar-refractivity contribution >= 4 is 34.1 Å². The molecule has 6 heteroatoms. The molecule has 0 amide bonds. The number of benzene rings is 1. The van der Waals surface area contributed by atoms with E-state index in [0.717, 1.165) is 30.0 Å². The number of hydrogen-bond acceptors (Lipinski definition) is 6. The third-order valence-electron chi connectivity index (χ3n) is 3.48. The van der Waals surface area contributed by atoms with Crippen molar-refractivity contribution in [3.8, 4) is 0 Å². The summed E-state index contributed by atoms with van der Waals surface area (Å²) in [5.74, 6) is 0.753. The van der Waals surface area contributed by atoms with E-state index in [2.05, 4.69) is 25.1 Å². The van der Waals surface area contributed by atoms with Gasteiger partial charge in [-0.25, -0.2) is 4.98 Å². The maximum absolute atomic E-state index is 4.50. The number of hydrogen-bond donors (Lipinski definition) is 1. The van der Waals surface area contributed by atoms with E-state index in [9.17, 15) is 0 Å². The summed E-state index contributed by atoms with van der Waals surface area (Å²) in [6.07, 6.45) is 4.65. The minimum absolute atomic E-state index is 0.753. The van der Waals surface area contributed by atoms with Crippen LogP contribution in [0, 0.1) is 0 Å². The standard InChI is InChI=1S/C14H14N4S2/c1-2-10(13-12(3-1)17-20-18-13)6-15-7-11-8-16-14(19-11)9-4-5-9/h1-3,8-9,15H,4-7H2. The predicted octanol–water partition coefficient (Wildman–Crippen LogP) is 3.32. The predicted molar refractivity (Wildman–Crippen MR) is 82.0 cm³/mol. The molecule has 4 nitrogen and oxygen atoms in total. The number of rotatable bonds is 5. The Morgan fingerprint density at radius 3 is 3.05 bits per heavy atom. The maximum Gasteiger partial charge on any atom is 0.109 e. The van der Waals surface area contributed by atoms with Gasteiger partial charge in [0, 0.05) is 30.1 Å². The molecule has 2 aromatic heterocycles. The zero-order valence-electron chi connectivity index (χ0n) is 10.9. The molecule has 0 unspecified atom stereocenters. The molecular formula is C14H14N4S2. The second-order valence-electron chi connectivity index (χ2n) is 5.09. The largest absolute Gasteiger partial charge is 0.308 e. The van der Waals surface area contributed by atoms with Crippen LogP contribution in [0.4, 0.5) is 0 Å². The van der Waals surface area contributed by atoms with Crippen LogP contribution in [0.5, 0.6) is 0 Å². The molecule has 1 aromatic carbocycles. The summed E-state index contributed by atoms with van der Waals surface area (Å²) < 4.78 is 8.63. The summed E-state index contributed by atoms with van der Waals surface area (Å²) in [6, 6.07) is 6.16. The fourth-order valence-corrected chi connectivity index (χ4v) is 3.87. The van der Waals surface area contributed by atoms with Gasteiger partial charge in [0.1, 0.15) is 11.0 Å². The Labute approximate surface area is 125 Å². The third-order valence-corrected chi connectivity index (χ3v) is 5.18. The minimum atomic E-state index is 0.753. The Morgan fingerprint density at radius 1 is 1.20 bits per heavy atom. The zero-order chi connectivity index (χ0) is 13.4. The van der Waals surface area contributed by atoms with Gasteiger partial charge in [0.05, 0.1) is 16.7 Å². The number of thiazole rings is 1. The van der Waals surface area contributed by atoms with E-state index < -0.39 is 0 Å². The highest BCUT2D eigenvalue weighted by atomic mass is 32.1. The third kappa shape index (κ3) is 2.46. The fraction of sp³-hybridized carbons (Fsp3) is 0.357. The van der Waals surface area contributed by atoms with Crippen molar-refractivity contribution in [1.29, 1.82) is 0 Å². The van der Waals surface area contributed by atoms with Gasteiger partial charge < -0.3 is 5.32 Å². The maximum atomic E-state index is 4.50. The molecule has 3 aromatic rings. The van der Waals surface area contributed by atoms with Gasteiger partial charge in [-0.3, -0.25) is 0 Å². The van der Waals surface area contributed by atoms with Crippen LogP contribution in [0.1, 0.15) is 34.2 Å². The van der Waals surface area contributed by atoms with Crippen molar-refractivity contribution in [3.05, 3.63) is 39.8 Å². The fourth-order valence-electron chi connectivity index (χ4n) is 2.25. The molecule has 0 atom stereocenters. The van der Waals surface area contributed by atoms with Gasteiger partial charge in [-0.1, -0.05) is 12.1 Å². The molecule has 102 valence electrons. The Kier molecular flexibility index (Phi) is 3.22. The normalized spacial score (nSPS) is 15.0. The molecule has 2 heterocycles. The van der Waals surface area contributed by atoms with E-state index >= 15 is 0 Å². The van der Waals surface area contributed by atoms with E-state index in [1.54, 1.807) is 0 Å². The first-order valence-electron chi connectivity index (χ1n) is 6.75. The van der Waals surface area contributed by atoms with Crippen LogP contribution in [0.15, 0.2) is 24.4 Å². The van der Waals surface area contributed by atoms with Gasteiger partial charge >= 0.3 is 0 Å². The van der Waals surface area contributed by atoms with E-state index in [0.29, 0.717) is 0 Å². The van der Waals surface area contributed by atoms with Crippen molar-refractivity contribution in [1.82, 2.24) is 19.0 Å². The van der Waals surface area contributed by atoms with Gasteiger partial charge in [0.15, 0.2) is 0 Å². The summed E-state index contributed by atoms with van der Waals surface area (Å²) in [5.41, 5.74) is 3.22. The van der Waals surface area contributed by atoms with Gasteiger partial charge in [-0.15, -0.1) is 11.3 Å². The Bertz CT molecular complexity index is 729. The highest BCUT2D eigenvalue weighted by molar-refractivity contribution is 7.11. The van der Waals surface area contributed by atoms with Gasteiger partial charge in [0.2, 0.25) is 0 Å².